The Balaban J connectivity index is 2.36. The molecule has 0 unspecified atom stereocenters. The second-order valence-corrected chi connectivity index (χ2v) is 3.70. The van der Waals surface area contributed by atoms with Crippen LogP contribution in [0.4, 0.5) is 0 Å². The summed E-state index contributed by atoms with van der Waals surface area (Å²) in [6, 6.07) is 2.02. The molecular weight excluding hydrogens is 196 g/mol. The molecule has 0 spiro atoms. The average molecular weight is 202 g/mol. The molecule has 3 rings (SSSR count). The molecule has 0 aliphatic carbocycles. The summed E-state index contributed by atoms with van der Waals surface area (Å²) in [5, 5.41) is 3.08. The second kappa shape index (κ2) is 2.88. The van der Waals surface area contributed by atoms with Gasteiger partial charge in [0.15, 0.2) is 0 Å². The van der Waals surface area contributed by atoms with Crippen LogP contribution in [0.15, 0.2) is 36.5 Å². The van der Waals surface area contributed by atoms with Crippen LogP contribution in [-0.2, 0) is 0 Å². The Kier molecular flexibility index (Phi) is 1.57. The molecule has 0 aliphatic rings. The normalized spacial score (nSPS) is 10.9. The quantitative estimate of drug-likeness (QED) is 0.605. The Morgan fingerprint density at radius 2 is 2.29 bits per heavy atom. The lowest BCUT2D eigenvalue weighted by atomic mass is 10.4. The molecule has 4 nitrogen and oxygen atoms in total. The first-order valence-corrected chi connectivity index (χ1v) is 4.99. The van der Waals surface area contributed by atoms with E-state index in [0.717, 1.165) is 16.0 Å². The Bertz CT molecular complexity index is 555. The van der Waals surface area contributed by atoms with E-state index in [0.29, 0.717) is 0 Å². The van der Waals surface area contributed by atoms with Gasteiger partial charge in [-0.2, -0.15) is 0 Å². The van der Waals surface area contributed by atoms with Gasteiger partial charge in [0.25, 0.3) is 0 Å². The van der Waals surface area contributed by atoms with Crippen molar-refractivity contribution in [2.75, 3.05) is 0 Å². The molecule has 0 aromatic carbocycles. The van der Waals surface area contributed by atoms with E-state index in [1.807, 2.05) is 22.2 Å². The van der Waals surface area contributed by atoms with Gasteiger partial charge in [-0.1, -0.05) is 0 Å². The third-order valence-corrected chi connectivity index (χ3v) is 2.81. The first-order valence-electron chi connectivity index (χ1n) is 4.12. The summed E-state index contributed by atoms with van der Waals surface area (Å²) in [4.78, 5) is 13.4. The maximum atomic E-state index is 4.24. The number of imidazole rings is 1. The molecule has 0 fully saturated rings. The van der Waals surface area contributed by atoms with Crippen molar-refractivity contribution in [3.05, 3.63) is 36.5 Å². The van der Waals surface area contributed by atoms with Crippen molar-refractivity contribution in [2.45, 2.75) is 0 Å². The SMILES string of the molecule is c1cn(-c2ncnc3sccc23)cn1. The molecule has 0 amide bonds. The highest BCUT2D eigenvalue weighted by Crippen LogP contribution is 2.22. The molecule has 3 aromatic rings. The van der Waals surface area contributed by atoms with E-state index in [-0.39, 0.29) is 0 Å². The van der Waals surface area contributed by atoms with E-state index >= 15 is 0 Å². The Hall–Kier alpha value is -1.75. The van der Waals surface area contributed by atoms with Crippen LogP contribution in [0.25, 0.3) is 16.0 Å². The maximum Gasteiger partial charge on any atom is 0.150 e. The van der Waals surface area contributed by atoms with Gasteiger partial charge in [0.1, 0.15) is 23.3 Å². The van der Waals surface area contributed by atoms with Gasteiger partial charge in [0, 0.05) is 12.4 Å². The number of aromatic nitrogens is 4. The topological polar surface area (TPSA) is 43.6 Å². The van der Waals surface area contributed by atoms with E-state index in [4.69, 9.17) is 0 Å². The first kappa shape index (κ1) is 7.64. The fourth-order valence-corrected chi connectivity index (χ4v) is 2.09. The van der Waals surface area contributed by atoms with Gasteiger partial charge < -0.3 is 0 Å². The van der Waals surface area contributed by atoms with Gasteiger partial charge in [0.05, 0.1) is 5.39 Å². The largest absolute Gasteiger partial charge is 0.290 e. The number of thiophene rings is 1. The average Bonchev–Trinajstić information content (AvgIpc) is 2.88. The van der Waals surface area contributed by atoms with Crippen molar-refractivity contribution in [1.29, 1.82) is 0 Å². The van der Waals surface area contributed by atoms with Crippen LogP contribution in [0.1, 0.15) is 0 Å². The maximum absolute atomic E-state index is 4.24. The molecule has 0 bridgehead atoms. The van der Waals surface area contributed by atoms with Gasteiger partial charge in [-0.25, -0.2) is 15.0 Å². The zero-order chi connectivity index (χ0) is 9.38. The summed E-state index contributed by atoms with van der Waals surface area (Å²) >= 11 is 1.61. The van der Waals surface area contributed by atoms with E-state index in [1.165, 1.54) is 0 Å². The summed E-state index contributed by atoms with van der Waals surface area (Å²) in [7, 11) is 0. The number of fused-ring (bicyclic) bond motifs is 1. The molecule has 0 N–H and O–H groups in total. The minimum atomic E-state index is 0.883. The monoisotopic (exact) mass is 202 g/mol. The van der Waals surface area contributed by atoms with Crippen LogP contribution in [0, 0.1) is 0 Å². The molecule has 0 saturated carbocycles. The zero-order valence-electron chi connectivity index (χ0n) is 7.16. The minimum Gasteiger partial charge on any atom is -0.290 e. The molecule has 5 heteroatoms. The molecule has 3 heterocycles. The smallest absolute Gasteiger partial charge is 0.150 e. The lowest BCUT2D eigenvalue weighted by molar-refractivity contribution is 0.995. The van der Waals surface area contributed by atoms with E-state index in [9.17, 15) is 0 Å². The predicted octanol–water partition coefficient (Wildman–Crippen LogP) is 1.88. The van der Waals surface area contributed by atoms with Crippen molar-refractivity contribution >= 4 is 21.6 Å². The van der Waals surface area contributed by atoms with Crippen LogP contribution in [0.5, 0.6) is 0 Å². The van der Waals surface area contributed by atoms with Crippen LogP contribution in [-0.4, -0.2) is 19.5 Å². The molecule has 14 heavy (non-hydrogen) atoms. The lowest BCUT2D eigenvalue weighted by Gasteiger charge is -2.00. The highest BCUT2D eigenvalue weighted by atomic mass is 32.1. The van der Waals surface area contributed by atoms with Crippen molar-refractivity contribution in [3.63, 3.8) is 0 Å². The molecule has 0 atom stereocenters. The van der Waals surface area contributed by atoms with Crippen LogP contribution >= 0.6 is 11.3 Å². The fraction of sp³-hybridized carbons (Fsp3) is 0. The van der Waals surface area contributed by atoms with Crippen LogP contribution in [0.2, 0.25) is 0 Å². The van der Waals surface area contributed by atoms with Crippen molar-refractivity contribution in [3.8, 4) is 5.82 Å². The van der Waals surface area contributed by atoms with Gasteiger partial charge in [0.2, 0.25) is 0 Å². The number of nitrogens with zero attached hydrogens (tertiary/aromatic N) is 4. The summed E-state index contributed by atoms with van der Waals surface area (Å²) in [5.74, 6) is 0.883. The third kappa shape index (κ3) is 1.03. The van der Waals surface area contributed by atoms with Crippen LogP contribution < -0.4 is 0 Å². The van der Waals surface area contributed by atoms with Gasteiger partial charge >= 0.3 is 0 Å². The predicted molar refractivity (Wildman–Crippen MR) is 54.5 cm³/mol. The van der Waals surface area contributed by atoms with E-state index in [1.54, 1.807) is 30.2 Å². The Morgan fingerprint density at radius 3 is 3.14 bits per heavy atom. The Labute approximate surface area is 83.9 Å². The van der Waals surface area contributed by atoms with E-state index < -0.39 is 0 Å². The molecule has 0 saturated heterocycles. The summed E-state index contributed by atoms with van der Waals surface area (Å²) in [6.45, 7) is 0. The second-order valence-electron chi connectivity index (χ2n) is 2.81. The van der Waals surface area contributed by atoms with Crippen molar-refractivity contribution in [2.24, 2.45) is 0 Å². The fourth-order valence-electron chi connectivity index (χ4n) is 1.37. The summed E-state index contributed by atoms with van der Waals surface area (Å²) in [5.41, 5.74) is 0. The first-order chi connectivity index (χ1) is 6.95. The van der Waals surface area contributed by atoms with Crippen molar-refractivity contribution < 1.29 is 0 Å². The standard InChI is InChI=1S/C9H6N4S/c1-4-14-9-7(1)8(11-5-12-9)13-3-2-10-6-13/h1-6H. The molecule has 3 aromatic heterocycles. The highest BCUT2D eigenvalue weighted by molar-refractivity contribution is 7.16. The highest BCUT2D eigenvalue weighted by Gasteiger charge is 2.05. The lowest BCUT2D eigenvalue weighted by Crippen LogP contribution is -1.94. The zero-order valence-corrected chi connectivity index (χ0v) is 7.98. The molecule has 0 radical (unpaired) electrons. The summed E-state index contributed by atoms with van der Waals surface area (Å²) in [6.07, 6.45) is 6.92. The van der Waals surface area contributed by atoms with Gasteiger partial charge in [-0.15, -0.1) is 11.3 Å². The minimum absolute atomic E-state index is 0.883. The summed E-state index contributed by atoms with van der Waals surface area (Å²) < 4.78 is 1.89. The number of hydrogen-bond acceptors (Lipinski definition) is 4. The van der Waals surface area contributed by atoms with Crippen molar-refractivity contribution in [1.82, 2.24) is 19.5 Å². The van der Waals surface area contributed by atoms with E-state index in [2.05, 4.69) is 15.0 Å². The molecule has 0 aliphatic heterocycles. The number of rotatable bonds is 1. The van der Waals surface area contributed by atoms with Gasteiger partial charge in [-0.3, -0.25) is 4.57 Å². The Morgan fingerprint density at radius 1 is 1.29 bits per heavy atom. The third-order valence-electron chi connectivity index (χ3n) is 1.99. The molecule has 68 valence electrons. The van der Waals surface area contributed by atoms with Gasteiger partial charge in [-0.05, 0) is 11.4 Å². The van der Waals surface area contributed by atoms with Crippen LogP contribution in [0.3, 0.4) is 0 Å². The number of hydrogen-bond donors (Lipinski definition) is 0. The molecular formula is C9H6N4S.